The number of hydrogen-bond acceptors (Lipinski definition) is 3. The molecule has 0 saturated carbocycles. The normalized spacial score (nSPS) is 17.2. The topological polar surface area (TPSA) is 72.4 Å². The molecule has 1 aromatic carbocycles. The Labute approximate surface area is 99.4 Å². The van der Waals surface area contributed by atoms with Gasteiger partial charge in [-0.15, -0.1) is 0 Å². The third-order valence-electron chi connectivity index (χ3n) is 3.07. The number of carbonyl (C=O) groups excluding carboxylic acids is 1. The Balaban J connectivity index is 2.11. The van der Waals surface area contributed by atoms with Gasteiger partial charge >= 0.3 is 0 Å². The zero-order valence-corrected chi connectivity index (χ0v) is 9.53. The van der Waals surface area contributed by atoms with Crippen molar-refractivity contribution in [3.05, 3.63) is 29.6 Å². The number of halogens is 1. The van der Waals surface area contributed by atoms with Crippen molar-refractivity contribution in [2.24, 2.45) is 5.73 Å². The van der Waals surface area contributed by atoms with Gasteiger partial charge < -0.3 is 16.4 Å². The minimum atomic E-state index is -0.551. The summed E-state index contributed by atoms with van der Waals surface area (Å²) >= 11 is 0. The Bertz CT molecular complexity index is 428. The van der Waals surface area contributed by atoms with E-state index in [0.717, 1.165) is 12.8 Å². The first kappa shape index (κ1) is 11.9. The Morgan fingerprint density at radius 1 is 1.35 bits per heavy atom. The molecule has 1 aliphatic rings. The Hall–Kier alpha value is -1.62. The second-order valence-corrected chi connectivity index (χ2v) is 4.37. The van der Waals surface area contributed by atoms with Crippen molar-refractivity contribution >= 4 is 11.6 Å². The summed E-state index contributed by atoms with van der Waals surface area (Å²) in [5.41, 5.74) is 11.5. The van der Waals surface area contributed by atoms with E-state index >= 15 is 0 Å². The molecule has 1 aromatic rings. The fourth-order valence-corrected chi connectivity index (χ4v) is 1.95. The molecule has 1 saturated heterocycles. The summed E-state index contributed by atoms with van der Waals surface area (Å²) in [6.45, 7) is 1.26. The lowest BCUT2D eigenvalue weighted by molar-refractivity contribution is 0.0714. The average Bonchev–Trinajstić information content (AvgIpc) is 2.33. The molecule has 17 heavy (non-hydrogen) atoms. The lowest BCUT2D eigenvalue weighted by atomic mass is 10.0. The predicted molar refractivity (Wildman–Crippen MR) is 63.9 cm³/mol. The standard InChI is InChI=1S/C12H16FN3O/c13-10-7-8(1-2-11(10)15)12(17)16-5-3-9(14)4-6-16/h1-2,7,9H,3-6,14-15H2. The number of nitrogens with two attached hydrogens (primary N) is 2. The second kappa shape index (κ2) is 4.71. The average molecular weight is 237 g/mol. The maximum Gasteiger partial charge on any atom is 0.253 e. The van der Waals surface area contributed by atoms with Gasteiger partial charge in [-0.05, 0) is 31.0 Å². The van der Waals surface area contributed by atoms with Gasteiger partial charge in [0.05, 0.1) is 5.69 Å². The van der Waals surface area contributed by atoms with Crippen LogP contribution in [0.1, 0.15) is 23.2 Å². The van der Waals surface area contributed by atoms with Crippen LogP contribution in [0.2, 0.25) is 0 Å². The maximum absolute atomic E-state index is 13.3. The van der Waals surface area contributed by atoms with Crippen molar-refractivity contribution in [2.75, 3.05) is 18.8 Å². The van der Waals surface area contributed by atoms with E-state index in [0.29, 0.717) is 18.7 Å². The molecule has 0 spiro atoms. The van der Waals surface area contributed by atoms with Crippen LogP contribution in [0.4, 0.5) is 10.1 Å². The minimum absolute atomic E-state index is 0.0576. The number of benzene rings is 1. The van der Waals surface area contributed by atoms with E-state index in [4.69, 9.17) is 11.5 Å². The molecule has 0 aromatic heterocycles. The van der Waals surface area contributed by atoms with Gasteiger partial charge in [-0.1, -0.05) is 0 Å². The predicted octanol–water partition coefficient (Wildman–Crippen LogP) is 0.971. The molecule has 4 N–H and O–H groups in total. The van der Waals surface area contributed by atoms with Crippen molar-refractivity contribution in [2.45, 2.75) is 18.9 Å². The van der Waals surface area contributed by atoms with Gasteiger partial charge in [-0.3, -0.25) is 4.79 Å². The zero-order valence-electron chi connectivity index (χ0n) is 9.53. The lowest BCUT2D eigenvalue weighted by Crippen LogP contribution is -2.42. The highest BCUT2D eigenvalue weighted by atomic mass is 19.1. The molecule has 92 valence electrons. The SMILES string of the molecule is Nc1ccc(C(=O)N2CCC(N)CC2)cc1F. The monoisotopic (exact) mass is 237 g/mol. The van der Waals surface area contributed by atoms with Crippen molar-refractivity contribution in [1.29, 1.82) is 0 Å². The van der Waals surface area contributed by atoms with Gasteiger partial charge in [0.25, 0.3) is 5.91 Å². The van der Waals surface area contributed by atoms with E-state index in [-0.39, 0.29) is 17.6 Å². The first-order valence-corrected chi connectivity index (χ1v) is 5.68. The van der Waals surface area contributed by atoms with E-state index in [1.165, 1.54) is 12.1 Å². The molecule has 0 aliphatic carbocycles. The summed E-state index contributed by atoms with van der Waals surface area (Å²) in [6, 6.07) is 4.32. The second-order valence-electron chi connectivity index (χ2n) is 4.37. The van der Waals surface area contributed by atoms with E-state index in [9.17, 15) is 9.18 Å². The Kier molecular flexibility index (Phi) is 3.28. The van der Waals surface area contributed by atoms with E-state index in [2.05, 4.69) is 0 Å². The number of piperidine rings is 1. The summed E-state index contributed by atoms with van der Waals surface area (Å²) < 4.78 is 13.3. The summed E-state index contributed by atoms with van der Waals surface area (Å²) in [5, 5.41) is 0. The molecule has 5 heteroatoms. The molecule has 1 fully saturated rings. The number of nitrogens with zero attached hydrogens (tertiary/aromatic N) is 1. The fourth-order valence-electron chi connectivity index (χ4n) is 1.95. The molecule has 0 atom stereocenters. The van der Waals surface area contributed by atoms with Crippen LogP contribution in [-0.2, 0) is 0 Å². The highest BCUT2D eigenvalue weighted by Crippen LogP contribution is 2.16. The van der Waals surface area contributed by atoms with Crippen LogP contribution in [0.3, 0.4) is 0 Å². The number of carbonyl (C=O) groups is 1. The van der Waals surface area contributed by atoms with Crippen LogP contribution < -0.4 is 11.5 Å². The van der Waals surface area contributed by atoms with Gasteiger partial charge in [0.1, 0.15) is 5.82 Å². The van der Waals surface area contributed by atoms with Crippen LogP contribution in [0.5, 0.6) is 0 Å². The smallest absolute Gasteiger partial charge is 0.253 e. The summed E-state index contributed by atoms with van der Waals surface area (Å²) in [4.78, 5) is 13.8. The number of rotatable bonds is 1. The largest absolute Gasteiger partial charge is 0.396 e. The van der Waals surface area contributed by atoms with Crippen molar-refractivity contribution in [3.63, 3.8) is 0 Å². The summed E-state index contributed by atoms with van der Waals surface area (Å²) in [7, 11) is 0. The van der Waals surface area contributed by atoms with E-state index < -0.39 is 5.82 Å². The Morgan fingerprint density at radius 3 is 2.59 bits per heavy atom. The molecule has 0 unspecified atom stereocenters. The molecule has 2 rings (SSSR count). The maximum atomic E-state index is 13.3. The van der Waals surface area contributed by atoms with Crippen molar-refractivity contribution < 1.29 is 9.18 Å². The molecule has 0 bridgehead atoms. The number of amides is 1. The molecule has 1 aliphatic heterocycles. The summed E-state index contributed by atoms with van der Waals surface area (Å²) in [6.07, 6.45) is 1.59. The van der Waals surface area contributed by atoms with Gasteiger partial charge in [-0.25, -0.2) is 4.39 Å². The quantitative estimate of drug-likeness (QED) is 0.715. The number of nitrogen functional groups attached to an aromatic ring is 1. The van der Waals surface area contributed by atoms with Gasteiger partial charge in [0.2, 0.25) is 0 Å². The van der Waals surface area contributed by atoms with Gasteiger partial charge in [0.15, 0.2) is 0 Å². The molecule has 1 amide bonds. The van der Waals surface area contributed by atoms with E-state index in [1.54, 1.807) is 11.0 Å². The van der Waals surface area contributed by atoms with Gasteiger partial charge in [-0.2, -0.15) is 0 Å². The molecule has 4 nitrogen and oxygen atoms in total. The summed E-state index contributed by atoms with van der Waals surface area (Å²) in [5.74, 6) is -0.708. The third kappa shape index (κ3) is 2.55. The first-order valence-electron chi connectivity index (χ1n) is 5.68. The Morgan fingerprint density at radius 2 is 2.00 bits per heavy atom. The minimum Gasteiger partial charge on any atom is -0.396 e. The third-order valence-corrected chi connectivity index (χ3v) is 3.07. The van der Waals surface area contributed by atoms with Crippen LogP contribution in [0.25, 0.3) is 0 Å². The number of anilines is 1. The van der Waals surface area contributed by atoms with Crippen LogP contribution in [0.15, 0.2) is 18.2 Å². The highest BCUT2D eigenvalue weighted by molar-refractivity contribution is 5.94. The fraction of sp³-hybridized carbons (Fsp3) is 0.417. The molecule has 1 heterocycles. The van der Waals surface area contributed by atoms with Crippen molar-refractivity contribution in [3.8, 4) is 0 Å². The van der Waals surface area contributed by atoms with Crippen LogP contribution in [0, 0.1) is 5.82 Å². The van der Waals surface area contributed by atoms with Crippen LogP contribution in [-0.4, -0.2) is 29.9 Å². The van der Waals surface area contributed by atoms with Crippen molar-refractivity contribution in [1.82, 2.24) is 4.90 Å². The number of likely N-dealkylation sites (tertiary alicyclic amines) is 1. The molecular formula is C12H16FN3O. The van der Waals surface area contributed by atoms with Gasteiger partial charge in [0, 0.05) is 24.7 Å². The van der Waals surface area contributed by atoms with E-state index in [1.807, 2.05) is 0 Å². The van der Waals surface area contributed by atoms with Crippen LogP contribution >= 0.6 is 0 Å². The first-order chi connectivity index (χ1) is 8.08. The lowest BCUT2D eigenvalue weighted by Gasteiger charge is -2.30. The highest BCUT2D eigenvalue weighted by Gasteiger charge is 2.22. The molecular weight excluding hydrogens is 221 g/mol. The molecule has 0 radical (unpaired) electrons. The number of hydrogen-bond donors (Lipinski definition) is 2. The zero-order chi connectivity index (χ0) is 12.4.